The molecular formula is C14H10ClN5S. The average Bonchev–Trinajstić information content (AvgIpc) is 2.88. The summed E-state index contributed by atoms with van der Waals surface area (Å²) in [6, 6.07) is 13.0. The molecule has 5 nitrogen and oxygen atoms in total. The van der Waals surface area contributed by atoms with E-state index in [4.69, 9.17) is 23.8 Å². The minimum atomic E-state index is 0.388. The Bertz CT molecular complexity index is 838. The Kier molecular flexibility index (Phi) is 3.89. The molecule has 0 bridgehead atoms. The van der Waals surface area contributed by atoms with Crippen molar-refractivity contribution in [2.75, 3.05) is 0 Å². The molecule has 1 aromatic carbocycles. The summed E-state index contributed by atoms with van der Waals surface area (Å²) >= 11 is 11.3. The topological polar surface area (TPSA) is 58.9 Å². The smallest absolute Gasteiger partial charge is 0.216 e. The van der Waals surface area contributed by atoms with Crippen LogP contribution in [0.2, 0.25) is 5.02 Å². The van der Waals surface area contributed by atoms with Gasteiger partial charge >= 0.3 is 0 Å². The zero-order chi connectivity index (χ0) is 14.7. The van der Waals surface area contributed by atoms with E-state index in [1.165, 1.54) is 4.68 Å². The lowest BCUT2D eigenvalue weighted by Crippen LogP contribution is -1.96. The summed E-state index contributed by atoms with van der Waals surface area (Å²) in [6.07, 6.45) is 3.33. The fraction of sp³-hybridized carbons (Fsp3) is 0. The van der Waals surface area contributed by atoms with Crippen LogP contribution in [0.25, 0.3) is 11.5 Å². The lowest BCUT2D eigenvalue weighted by Gasteiger charge is -2.00. The number of rotatable bonds is 3. The van der Waals surface area contributed by atoms with Crippen molar-refractivity contribution >= 4 is 30.0 Å². The predicted octanol–water partition coefficient (Wildman–Crippen LogP) is 3.54. The van der Waals surface area contributed by atoms with Gasteiger partial charge in [0.25, 0.3) is 0 Å². The molecule has 0 aliphatic carbocycles. The largest absolute Gasteiger partial charge is 0.253 e. The lowest BCUT2D eigenvalue weighted by atomic mass is 10.2. The highest BCUT2D eigenvalue weighted by molar-refractivity contribution is 7.71. The summed E-state index contributed by atoms with van der Waals surface area (Å²) in [5, 5.41) is 11.8. The molecule has 0 atom stereocenters. The highest BCUT2D eigenvalue weighted by Gasteiger charge is 2.08. The first-order valence-corrected chi connectivity index (χ1v) is 6.92. The molecule has 1 N–H and O–H groups in total. The average molecular weight is 316 g/mol. The van der Waals surface area contributed by atoms with Crippen LogP contribution >= 0.6 is 23.8 Å². The van der Waals surface area contributed by atoms with Gasteiger partial charge < -0.3 is 0 Å². The molecule has 104 valence electrons. The summed E-state index contributed by atoms with van der Waals surface area (Å²) < 4.78 is 1.90. The van der Waals surface area contributed by atoms with Gasteiger partial charge in [-0.2, -0.15) is 14.9 Å². The van der Waals surface area contributed by atoms with Crippen molar-refractivity contribution in [3.05, 3.63) is 64.0 Å². The number of nitrogens with zero attached hydrogens (tertiary/aromatic N) is 4. The van der Waals surface area contributed by atoms with Crippen LogP contribution in [0, 0.1) is 4.77 Å². The Morgan fingerprint density at radius 1 is 1.19 bits per heavy atom. The normalized spacial score (nSPS) is 11.1. The van der Waals surface area contributed by atoms with Crippen LogP contribution in [0.5, 0.6) is 0 Å². The molecule has 0 amide bonds. The van der Waals surface area contributed by atoms with E-state index in [-0.39, 0.29) is 0 Å². The van der Waals surface area contributed by atoms with Crippen molar-refractivity contribution in [2.45, 2.75) is 0 Å². The highest BCUT2D eigenvalue weighted by Crippen LogP contribution is 2.15. The second-order valence-electron chi connectivity index (χ2n) is 4.15. The molecule has 0 aliphatic heterocycles. The van der Waals surface area contributed by atoms with Crippen LogP contribution in [-0.2, 0) is 0 Å². The van der Waals surface area contributed by atoms with Crippen molar-refractivity contribution in [2.24, 2.45) is 5.10 Å². The first kappa shape index (κ1) is 13.7. The van der Waals surface area contributed by atoms with E-state index in [1.807, 2.05) is 36.4 Å². The van der Waals surface area contributed by atoms with Gasteiger partial charge in [0.15, 0.2) is 0 Å². The number of nitrogens with one attached hydrogen (secondary N) is 1. The number of aromatic nitrogens is 4. The lowest BCUT2D eigenvalue weighted by molar-refractivity contribution is 0.867. The maximum atomic E-state index is 6.10. The zero-order valence-electron chi connectivity index (χ0n) is 10.8. The molecule has 0 saturated carbocycles. The van der Waals surface area contributed by atoms with Gasteiger partial charge in [-0.1, -0.05) is 35.9 Å². The van der Waals surface area contributed by atoms with Gasteiger partial charge in [0.1, 0.15) is 5.69 Å². The summed E-state index contributed by atoms with van der Waals surface area (Å²) in [4.78, 5) is 4.25. The second kappa shape index (κ2) is 5.99. The molecule has 0 unspecified atom stereocenters. The molecule has 0 aliphatic rings. The minimum absolute atomic E-state index is 0.388. The first-order chi connectivity index (χ1) is 10.3. The van der Waals surface area contributed by atoms with Gasteiger partial charge in [-0.25, -0.2) is 5.10 Å². The van der Waals surface area contributed by atoms with Crippen LogP contribution in [0.15, 0.2) is 53.8 Å². The monoisotopic (exact) mass is 315 g/mol. The molecule has 2 heterocycles. The first-order valence-electron chi connectivity index (χ1n) is 6.13. The molecule has 0 spiro atoms. The highest BCUT2D eigenvalue weighted by atomic mass is 35.5. The van der Waals surface area contributed by atoms with Crippen molar-refractivity contribution in [3.8, 4) is 11.5 Å². The third kappa shape index (κ3) is 2.91. The molecule has 2 aromatic heterocycles. The molecule has 0 fully saturated rings. The van der Waals surface area contributed by atoms with Gasteiger partial charge in [0, 0.05) is 16.8 Å². The number of aromatic amines is 1. The van der Waals surface area contributed by atoms with E-state index < -0.39 is 0 Å². The fourth-order valence-electron chi connectivity index (χ4n) is 1.76. The van der Waals surface area contributed by atoms with Crippen molar-refractivity contribution in [1.29, 1.82) is 0 Å². The van der Waals surface area contributed by atoms with E-state index in [0.717, 1.165) is 5.56 Å². The second-order valence-corrected chi connectivity index (χ2v) is 4.94. The van der Waals surface area contributed by atoms with Crippen LogP contribution in [0.3, 0.4) is 0 Å². The van der Waals surface area contributed by atoms with Gasteiger partial charge in [-0.15, -0.1) is 0 Å². The zero-order valence-corrected chi connectivity index (χ0v) is 12.3. The summed E-state index contributed by atoms with van der Waals surface area (Å²) in [5.41, 5.74) is 1.48. The van der Waals surface area contributed by atoms with E-state index >= 15 is 0 Å². The standard InChI is InChI=1S/C14H10ClN5S/c15-11-6-2-1-5-10(11)9-17-20-13(18-19-14(20)21)12-7-3-4-8-16-12/h1-9H,(H,19,21). The van der Waals surface area contributed by atoms with Crippen LogP contribution < -0.4 is 0 Å². The third-order valence-electron chi connectivity index (χ3n) is 2.76. The molecule has 0 saturated heterocycles. The molecule has 3 aromatic rings. The number of hydrogen-bond donors (Lipinski definition) is 1. The van der Waals surface area contributed by atoms with E-state index in [0.29, 0.717) is 21.3 Å². The molecule has 3 rings (SSSR count). The number of benzene rings is 1. The summed E-state index contributed by atoms with van der Waals surface area (Å²) in [5.74, 6) is 0.545. The summed E-state index contributed by atoms with van der Waals surface area (Å²) in [7, 11) is 0. The molecule has 21 heavy (non-hydrogen) atoms. The Labute approximate surface area is 130 Å². The van der Waals surface area contributed by atoms with Crippen LogP contribution in [-0.4, -0.2) is 26.1 Å². The Balaban J connectivity index is 2.02. The van der Waals surface area contributed by atoms with Crippen LogP contribution in [0.1, 0.15) is 5.56 Å². The molecule has 7 heteroatoms. The maximum absolute atomic E-state index is 6.10. The Morgan fingerprint density at radius 3 is 2.76 bits per heavy atom. The van der Waals surface area contributed by atoms with Gasteiger partial charge in [0.05, 0.1) is 6.21 Å². The van der Waals surface area contributed by atoms with Gasteiger partial charge in [-0.3, -0.25) is 4.98 Å². The SMILES string of the molecule is S=c1[nH]nc(-c2ccccn2)n1N=Cc1ccccc1Cl. The predicted molar refractivity (Wildman–Crippen MR) is 85.1 cm³/mol. The number of hydrogen-bond acceptors (Lipinski definition) is 4. The quantitative estimate of drug-likeness (QED) is 0.594. The molecule has 0 radical (unpaired) electrons. The van der Waals surface area contributed by atoms with Gasteiger partial charge in [-0.05, 0) is 30.4 Å². The Morgan fingerprint density at radius 2 is 2.00 bits per heavy atom. The summed E-state index contributed by atoms with van der Waals surface area (Å²) in [6.45, 7) is 0. The van der Waals surface area contributed by atoms with Crippen molar-refractivity contribution in [1.82, 2.24) is 19.9 Å². The Hall–Kier alpha value is -2.31. The fourth-order valence-corrected chi connectivity index (χ4v) is 2.12. The van der Waals surface area contributed by atoms with Gasteiger partial charge in [0.2, 0.25) is 10.6 Å². The maximum Gasteiger partial charge on any atom is 0.216 e. The van der Waals surface area contributed by atoms with Crippen molar-refractivity contribution < 1.29 is 0 Å². The number of pyridine rings is 1. The van der Waals surface area contributed by atoms with E-state index in [2.05, 4.69) is 20.3 Å². The number of H-pyrrole nitrogens is 1. The van der Waals surface area contributed by atoms with Crippen LogP contribution in [0.4, 0.5) is 0 Å². The van der Waals surface area contributed by atoms with Crippen molar-refractivity contribution in [3.63, 3.8) is 0 Å². The molecular weight excluding hydrogens is 306 g/mol. The minimum Gasteiger partial charge on any atom is -0.253 e. The van der Waals surface area contributed by atoms with E-state index in [1.54, 1.807) is 18.5 Å². The number of halogens is 1. The van der Waals surface area contributed by atoms with E-state index in [9.17, 15) is 0 Å². The third-order valence-corrected chi connectivity index (χ3v) is 3.37.